The molecule has 21 heavy (non-hydrogen) atoms. The zero-order valence-corrected chi connectivity index (χ0v) is 13.1. The minimum absolute atomic E-state index is 0.145. The summed E-state index contributed by atoms with van der Waals surface area (Å²) < 4.78 is 5.53. The molecule has 3 aliphatic rings. The molecule has 0 saturated carbocycles. The number of amides is 1. The second-order valence-electron chi connectivity index (χ2n) is 6.60. The lowest BCUT2D eigenvalue weighted by atomic mass is 9.73. The topological polar surface area (TPSA) is 67.3 Å². The van der Waals surface area contributed by atoms with E-state index in [2.05, 4.69) is 15.3 Å². The highest BCUT2D eigenvalue weighted by molar-refractivity contribution is 6.29. The van der Waals surface area contributed by atoms with E-state index in [9.17, 15) is 4.79 Å². The Labute approximate surface area is 128 Å². The molecule has 3 fully saturated rings. The Bertz CT molecular complexity index is 553. The van der Waals surface area contributed by atoms with Crippen LogP contribution in [0.5, 0.6) is 0 Å². The number of carbonyl (C=O) groups is 1. The van der Waals surface area contributed by atoms with Crippen molar-refractivity contribution in [2.45, 2.75) is 44.4 Å². The number of hydrogen-bond donors (Lipinski definition) is 1. The predicted molar refractivity (Wildman–Crippen MR) is 78.1 cm³/mol. The summed E-state index contributed by atoms with van der Waals surface area (Å²) >= 11 is 5.80. The first kappa shape index (κ1) is 14.5. The number of rotatable bonds is 1. The van der Waals surface area contributed by atoms with Gasteiger partial charge >= 0.3 is 6.09 Å². The van der Waals surface area contributed by atoms with Crippen molar-refractivity contribution in [1.29, 1.82) is 0 Å². The summed E-state index contributed by atoms with van der Waals surface area (Å²) in [6.45, 7) is 7.04. The van der Waals surface area contributed by atoms with Gasteiger partial charge in [-0.15, -0.1) is 0 Å². The average molecular weight is 311 g/mol. The molecule has 1 N–H and O–H groups in total. The fourth-order valence-electron chi connectivity index (χ4n) is 3.09. The van der Waals surface area contributed by atoms with Crippen molar-refractivity contribution in [3.8, 4) is 0 Å². The van der Waals surface area contributed by atoms with Crippen LogP contribution in [0, 0.1) is 0 Å². The Balaban J connectivity index is 1.89. The van der Waals surface area contributed by atoms with Crippen molar-refractivity contribution < 1.29 is 9.53 Å². The van der Waals surface area contributed by atoms with Crippen molar-refractivity contribution in [3.05, 3.63) is 23.2 Å². The second kappa shape index (κ2) is 4.81. The highest BCUT2D eigenvalue weighted by atomic mass is 35.5. The van der Waals surface area contributed by atoms with Gasteiger partial charge in [0.25, 0.3) is 0 Å². The third-order valence-corrected chi connectivity index (χ3v) is 4.08. The van der Waals surface area contributed by atoms with Crippen LogP contribution in [-0.2, 0) is 10.3 Å². The van der Waals surface area contributed by atoms with Crippen LogP contribution < -0.4 is 5.32 Å². The van der Waals surface area contributed by atoms with Gasteiger partial charge in [0.1, 0.15) is 16.3 Å². The molecule has 1 aromatic rings. The molecule has 6 nitrogen and oxygen atoms in total. The van der Waals surface area contributed by atoms with E-state index in [1.807, 2.05) is 20.8 Å². The van der Waals surface area contributed by atoms with Crippen LogP contribution in [0.2, 0.25) is 5.15 Å². The van der Waals surface area contributed by atoms with E-state index in [1.165, 1.54) is 6.20 Å². The van der Waals surface area contributed by atoms with Crippen LogP contribution in [0.3, 0.4) is 0 Å². The quantitative estimate of drug-likeness (QED) is 0.858. The SMILES string of the molecule is CC(C)(C)OC(=O)N1C2CNCC1(c1cnc(Cl)cn1)C2. The van der Waals surface area contributed by atoms with Gasteiger partial charge in [-0.2, -0.15) is 0 Å². The lowest BCUT2D eigenvalue weighted by Crippen LogP contribution is -2.76. The van der Waals surface area contributed by atoms with E-state index in [0.717, 1.165) is 18.7 Å². The van der Waals surface area contributed by atoms with Gasteiger partial charge in [0.15, 0.2) is 0 Å². The van der Waals surface area contributed by atoms with E-state index in [-0.39, 0.29) is 12.1 Å². The van der Waals surface area contributed by atoms with Gasteiger partial charge in [0, 0.05) is 13.1 Å². The molecule has 4 rings (SSSR count). The summed E-state index contributed by atoms with van der Waals surface area (Å²) in [6.07, 6.45) is 3.73. The van der Waals surface area contributed by atoms with E-state index >= 15 is 0 Å². The highest BCUT2D eigenvalue weighted by Crippen LogP contribution is 2.46. The first-order valence-corrected chi connectivity index (χ1v) is 7.41. The molecule has 1 aromatic heterocycles. The third kappa shape index (κ3) is 2.46. The Morgan fingerprint density at radius 3 is 2.81 bits per heavy atom. The zero-order valence-electron chi connectivity index (χ0n) is 12.4. The minimum Gasteiger partial charge on any atom is -0.444 e. The van der Waals surface area contributed by atoms with Crippen molar-refractivity contribution in [3.63, 3.8) is 0 Å². The van der Waals surface area contributed by atoms with Crippen LogP contribution in [0.25, 0.3) is 0 Å². The number of nitrogens with one attached hydrogen (secondary N) is 1. The van der Waals surface area contributed by atoms with Crippen molar-refractivity contribution in [2.24, 2.45) is 0 Å². The van der Waals surface area contributed by atoms with Gasteiger partial charge in [-0.1, -0.05) is 11.6 Å². The smallest absolute Gasteiger partial charge is 0.411 e. The fraction of sp³-hybridized carbons (Fsp3) is 0.643. The van der Waals surface area contributed by atoms with Crippen molar-refractivity contribution >= 4 is 17.7 Å². The number of carbonyl (C=O) groups excluding carboxylic acids is 1. The maximum Gasteiger partial charge on any atom is 0.411 e. The molecule has 2 atom stereocenters. The standard InChI is InChI=1S/C14H19ClN4O2/c1-13(2,3)21-12(20)19-9-4-14(19,8-16-5-9)10-6-18-11(15)7-17-10/h6-7,9,16H,4-5,8H2,1-3H3. The molecule has 3 saturated heterocycles. The molecule has 0 aliphatic carbocycles. The molecule has 2 bridgehead atoms. The minimum atomic E-state index is -0.513. The summed E-state index contributed by atoms with van der Waals surface area (Å²) in [6, 6.07) is 0.145. The van der Waals surface area contributed by atoms with Gasteiger partial charge in [-0.3, -0.25) is 9.88 Å². The van der Waals surface area contributed by atoms with E-state index in [4.69, 9.17) is 16.3 Å². The number of piperazine rings is 1. The van der Waals surface area contributed by atoms with Gasteiger partial charge < -0.3 is 10.1 Å². The Kier molecular flexibility index (Phi) is 3.33. The molecule has 0 aromatic carbocycles. The van der Waals surface area contributed by atoms with Gasteiger partial charge in [-0.25, -0.2) is 9.78 Å². The van der Waals surface area contributed by atoms with E-state index in [1.54, 1.807) is 11.1 Å². The van der Waals surface area contributed by atoms with Crippen LogP contribution in [0.15, 0.2) is 12.4 Å². The molecule has 2 unspecified atom stereocenters. The fourth-order valence-corrected chi connectivity index (χ4v) is 3.19. The second-order valence-corrected chi connectivity index (χ2v) is 6.98. The largest absolute Gasteiger partial charge is 0.444 e. The van der Waals surface area contributed by atoms with Crippen molar-refractivity contribution in [1.82, 2.24) is 20.2 Å². The summed E-state index contributed by atoms with van der Waals surface area (Å²) in [5.74, 6) is 0. The lowest BCUT2D eigenvalue weighted by molar-refractivity contribution is -0.105. The molecular formula is C14H19ClN4O2. The molecular weight excluding hydrogens is 292 g/mol. The maximum atomic E-state index is 12.5. The molecule has 1 amide bonds. The van der Waals surface area contributed by atoms with Crippen LogP contribution in [0.4, 0.5) is 4.79 Å². The monoisotopic (exact) mass is 310 g/mol. The molecule has 0 spiro atoms. The molecule has 4 heterocycles. The summed E-state index contributed by atoms with van der Waals surface area (Å²) in [4.78, 5) is 22.7. The van der Waals surface area contributed by atoms with Crippen LogP contribution in [-0.4, -0.2) is 45.7 Å². The molecule has 3 aliphatic heterocycles. The Morgan fingerprint density at radius 1 is 1.48 bits per heavy atom. The van der Waals surface area contributed by atoms with E-state index < -0.39 is 11.1 Å². The third-order valence-electron chi connectivity index (χ3n) is 3.88. The number of piperidine rings is 1. The zero-order chi connectivity index (χ0) is 15.3. The molecule has 0 radical (unpaired) electrons. The Morgan fingerprint density at radius 2 is 2.24 bits per heavy atom. The Hall–Kier alpha value is -1.40. The van der Waals surface area contributed by atoms with Gasteiger partial charge in [-0.05, 0) is 27.2 Å². The average Bonchev–Trinajstić information content (AvgIpc) is 2.37. The van der Waals surface area contributed by atoms with Crippen LogP contribution >= 0.6 is 11.6 Å². The number of hydrogen-bond acceptors (Lipinski definition) is 5. The van der Waals surface area contributed by atoms with Crippen molar-refractivity contribution in [2.75, 3.05) is 13.1 Å². The van der Waals surface area contributed by atoms with Gasteiger partial charge in [0.2, 0.25) is 0 Å². The normalized spacial score (nSPS) is 28.0. The molecule has 7 heteroatoms. The number of halogens is 1. The maximum absolute atomic E-state index is 12.5. The first-order valence-electron chi connectivity index (χ1n) is 7.03. The molecule has 114 valence electrons. The number of aromatic nitrogens is 2. The number of fused-ring (bicyclic) bond motifs is 2. The summed E-state index contributed by atoms with van der Waals surface area (Å²) in [5.41, 5.74) is -0.231. The lowest BCUT2D eigenvalue weighted by Gasteiger charge is -2.60. The van der Waals surface area contributed by atoms with Gasteiger partial charge in [0.05, 0.1) is 24.1 Å². The summed E-state index contributed by atoms with van der Waals surface area (Å²) in [5, 5.41) is 3.68. The van der Waals surface area contributed by atoms with Crippen LogP contribution in [0.1, 0.15) is 32.9 Å². The first-order chi connectivity index (χ1) is 9.82. The number of nitrogens with zero attached hydrogens (tertiary/aromatic N) is 3. The van der Waals surface area contributed by atoms with E-state index in [0.29, 0.717) is 11.7 Å². The highest BCUT2D eigenvalue weighted by Gasteiger charge is 2.59. The number of ether oxygens (including phenoxy) is 1. The summed E-state index contributed by atoms with van der Waals surface area (Å²) in [7, 11) is 0. The predicted octanol–water partition coefficient (Wildman–Crippen LogP) is 1.94.